The van der Waals surface area contributed by atoms with Gasteiger partial charge in [0.2, 0.25) is 0 Å². The number of aromatic hydroxyl groups is 1. The summed E-state index contributed by atoms with van der Waals surface area (Å²) < 4.78 is 0. The molecule has 21 heavy (non-hydrogen) atoms. The van der Waals surface area contributed by atoms with E-state index in [4.69, 9.17) is 0 Å². The Morgan fingerprint density at radius 2 is 1.81 bits per heavy atom. The number of nitrogens with zero attached hydrogens (tertiary/aromatic N) is 3. The van der Waals surface area contributed by atoms with Gasteiger partial charge in [-0.05, 0) is 12.1 Å². The maximum absolute atomic E-state index is 9.80. The zero-order chi connectivity index (χ0) is 14.7. The van der Waals surface area contributed by atoms with Crippen LogP contribution in [0.3, 0.4) is 0 Å². The predicted molar refractivity (Wildman–Crippen MR) is 79.7 cm³/mol. The Bertz CT molecular complexity index is 839. The summed E-state index contributed by atoms with van der Waals surface area (Å²) >= 11 is 0. The minimum Gasteiger partial charge on any atom is -0.508 e. The quantitative estimate of drug-likeness (QED) is 0.768. The molecule has 0 aliphatic heterocycles. The van der Waals surface area contributed by atoms with Crippen LogP contribution in [0, 0.1) is 11.3 Å². The molecule has 3 aromatic rings. The molecule has 2 aromatic carbocycles. The van der Waals surface area contributed by atoms with Crippen LogP contribution >= 0.6 is 0 Å². The standard InChI is InChI=1S/C16H12N4O/c17-9-14-16(12-6-2-3-7-13(12)19-20-14)18-10-11-5-1-4-8-15(11)21/h1-8,21H,10H2,(H,18,19). The summed E-state index contributed by atoms with van der Waals surface area (Å²) in [5.41, 5.74) is 2.34. The van der Waals surface area contributed by atoms with E-state index in [1.165, 1.54) is 0 Å². The number of phenols is 1. The van der Waals surface area contributed by atoms with Crippen molar-refractivity contribution in [3.63, 3.8) is 0 Å². The molecule has 0 aliphatic carbocycles. The third-order valence-electron chi connectivity index (χ3n) is 3.22. The van der Waals surface area contributed by atoms with Crippen molar-refractivity contribution in [3.8, 4) is 11.8 Å². The number of benzene rings is 2. The van der Waals surface area contributed by atoms with Gasteiger partial charge in [-0.1, -0.05) is 36.4 Å². The molecule has 0 saturated carbocycles. The number of para-hydroxylation sites is 1. The third-order valence-corrected chi connectivity index (χ3v) is 3.22. The molecule has 0 amide bonds. The second-order valence-electron chi connectivity index (χ2n) is 4.53. The largest absolute Gasteiger partial charge is 0.508 e. The van der Waals surface area contributed by atoms with Crippen molar-refractivity contribution in [2.45, 2.75) is 6.54 Å². The summed E-state index contributed by atoms with van der Waals surface area (Å²) in [4.78, 5) is 0. The highest BCUT2D eigenvalue weighted by atomic mass is 16.3. The summed E-state index contributed by atoms with van der Waals surface area (Å²) in [5.74, 6) is 0.217. The van der Waals surface area contributed by atoms with Crippen molar-refractivity contribution >= 4 is 16.6 Å². The average Bonchev–Trinajstić information content (AvgIpc) is 2.53. The van der Waals surface area contributed by atoms with Gasteiger partial charge in [-0.3, -0.25) is 0 Å². The fraction of sp³-hybridized carbons (Fsp3) is 0.0625. The van der Waals surface area contributed by atoms with E-state index in [1.807, 2.05) is 42.5 Å². The van der Waals surface area contributed by atoms with Crippen LogP contribution in [0.2, 0.25) is 0 Å². The molecule has 0 radical (unpaired) electrons. The molecule has 5 heteroatoms. The predicted octanol–water partition coefficient (Wildman–Crippen LogP) is 2.82. The zero-order valence-corrected chi connectivity index (χ0v) is 11.1. The summed E-state index contributed by atoms with van der Waals surface area (Å²) in [6, 6.07) is 16.6. The van der Waals surface area contributed by atoms with Gasteiger partial charge >= 0.3 is 0 Å². The van der Waals surface area contributed by atoms with Gasteiger partial charge in [0.25, 0.3) is 0 Å². The molecule has 0 aliphatic rings. The van der Waals surface area contributed by atoms with Gasteiger partial charge in [0.15, 0.2) is 5.69 Å². The van der Waals surface area contributed by atoms with Crippen molar-refractivity contribution in [2.24, 2.45) is 0 Å². The molecule has 2 N–H and O–H groups in total. The highest BCUT2D eigenvalue weighted by Crippen LogP contribution is 2.25. The first-order valence-corrected chi connectivity index (χ1v) is 6.46. The lowest BCUT2D eigenvalue weighted by atomic mass is 10.1. The number of fused-ring (bicyclic) bond motifs is 1. The fourth-order valence-electron chi connectivity index (χ4n) is 2.15. The Labute approximate surface area is 121 Å². The minimum absolute atomic E-state index is 0.217. The van der Waals surface area contributed by atoms with Crippen LogP contribution in [0.25, 0.3) is 10.9 Å². The van der Waals surface area contributed by atoms with Gasteiger partial charge in [-0.25, -0.2) is 0 Å². The van der Waals surface area contributed by atoms with E-state index in [2.05, 4.69) is 15.5 Å². The normalized spacial score (nSPS) is 10.2. The van der Waals surface area contributed by atoms with Gasteiger partial charge in [0.05, 0.1) is 11.2 Å². The van der Waals surface area contributed by atoms with Gasteiger partial charge < -0.3 is 10.4 Å². The van der Waals surface area contributed by atoms with E-state index < -0.39 is 0 Å². The van der Waals surface area contributed by atoms with Crippen LogP contribution in [0.15, 0.2) is 48.5 Å². The van der Waals surface area contributed by atoms with E-state index >= 15 is 0 Å². The summed E-state index contributed by atoms with van der Waals surface area (Å²) in [6.45, 7) is 0.400. The van der Waals surface area contributed by atoms with Crippen molar-refractivity contribution in [3.05, 3.63) is 59.8 Å². The Morgan fingerprint density at radius 3 is 2.62 bits per heavy atom. The van der Waals surface area contributed by atoms with Crippen LogP contribution in [-0.2, 0) is 6.54 Å². The highest BCUT2D eigenvalue weighted by molar-refractivity contribution is 5.92. The molecule has 0 atom stereocenters. The molecule has 3 rings (SSSR count). The average molecular weight is 276 g/mol. The second-order valence-corrected chi connectivity index (χ2v) is 4.53. The van der Waals surface area contributed by atoms with E-state index in [1.54, 1.807) is 12.1 Å². The van der Waals surface area contributed by atoms with Gasteiger partial charge in [0.1, 0.15) is 11.8 Å². The number of nitriles is 1. The summed E-state index contributed by atoms with van der Waals surface area (Å²) in [7, 11) is 0. The Hall–Kier alpha value is -3.13. The van der Waals surface area contributed by atoms with E-state index in [-0.39, 0.29) is 11.4 Å². The van der Waals surface area contributed by atoms with Crippen LogP contribution in [0.1, 0.15) is 11.3 Å². The number of hydrogen-bond acceptors (Lipinski definition) is 5. The first kappa shape index (κ1) is 12.9. The molecule has 1 aromatic heterocycles. The lowest BCUT2D eigenvalue weighted by molar-refractivity contribution is 0.469. The summed E-state index contributed by atoms with van der Waals surface area (Å²) in [5, 5.41) is 30.9. The first-order chi connectivity index (χ1) is 10.3. The topological polar surface area (TPSA) is 81.8 Å². The molecular weight excluding hydrogens is 264 g/mol. The zero-order valence-electron chi connectivity index (χ0n) is 11.1. The number of rotatable bonds is 3. The molecule has 5 nitrogen and oxygen atoms in total. The van der Waals surface area contributed by atoms with E-state index in [9.17, 15) is 10.4 Å². The highest BCUT2D eigenvalue weighted by Gasteiger charge is 2.10. The lowest BCUT2D eigenvalue weighted by Crippen LogP contribution is -2.04. The molecular formula is C16H12N4O. The van der Waals surface area contributed by atoms with Gasteiger partial charge in [-0.2, -0.15) is 5.26 Å². The Balaban J connectivity index is 2.00. The minimum atomic E-state index is 0.217. The molecule has 0 fully saturated rings. The van der Waals surface area contributed by atoms with Crippen molar-refractivity contribution in [1.82, 2.24) is 10.2 Å². The molecule has 0 unspecified atom stereocenters. The third kappa shape index (κ3) is 2.47. The molecule has 102 valence electrons. The van der Waals surface area contributed by atoms with Crippen LogP contribution in [-0.4, -0.2) is 15.3 Å². The number of aromatic nitrogens is 2. The van der Waals surface area contributed by atoms with Crippen molar-refractivity contribution in [2.75, 3.05) is 5.32 Å². The first-order valence-electron chi connectivity index (χ1n) is 6.46. The molecule has 0 spiro atoms. The van der Waals surface area contributed by atoms with Crippen LogP contribution < -0.4 is 5.32 Å². The summed E-state index contributed by atoms with van der Waals surface area (Å²) in [6.07, 6.45) is 0. The molecule has 0 saturated heterocycles. The molecule has 1 heterocycles. The van der Waals surface area contributed by atoms with E-state index in [0.717, 1.165) is 16.5 Å². The molecule has 0 bridgehead atoms. The van der Waals surface area contributed by atoms with E-state index in [0.29, 0.717) is 12.2 Å². The monoisotopic (exact) mass is 276 g/mol. The fourth-order valence-corrected chi connectivity index (χ4v) is 2.15. The van der Waals surface area contributed by atoms with Crippen molar-refractivity contribution < 1.29 is 5.11 Å². The van der Waals surface area contributed by atoms with Gasteiger partial charge in [0, 0.05) is 17.5 Å². The number of phenolic OH excluding ortho intramolecular Hbond substituents is 1. The SMILES string of the molecule is N#Cc1nnc2ccccc2c1NCc1ccccc1O. The maximum atomic E-state index is 9.80. The maximum Gasteiger partial charge on any atom is 0.186 e. The lowest BCUT2D eigenvalue weighted by Gasteiger charge is -2.11. The van der Waals surface area contributed by atoms with Crippen LogP contribution in [0.5, 0.6) is 5.75 Å². The van der Waals surface area contributed by atoms with Crippen molar-refractivity contribution in [1.29, 1.82) is 5.26 Å². The smallest absolute Gasteiger partial charge is 0.186 e. The van der Waals surface area contributed by atoms with Crippen LogP contribution in [0.4, 0.5) is 5.69 Å². The number of anilines is 1. The Morgan fingerprint density at radius 1 is 1.05 bits per heavy atom. The number of nitrogens with one attached hydrogen (secondary N) is 1. The number of hydrogen-bond donors (Lipinski definition) is 2. The Kier molecular flexibility index (Phi) is 3.36. The second kappa shape index (κ2) is 5.47. The van der Waals surface area contributed by atoms with Gasteiger partial charge in [-0.15, -0.1) is 10.2 Å².